The molecule has 15 heavy (non-hydrogen) atoms. The van der Waals surface area contributed by atoms with Gasteiger partial charge in [0, 0.05) is 6.54 Å². The van der Waals surface area contributed by atoms with Crippen LogP contribution in [0.4, 0.5) is 13.2 Å². The van der Waals surface area contributed by atoms with Crippen LogP contribution in [0.3, 0.4) is 0 Å². The summed E-state index contributed by atoms with van der Waals surface area (Å²) < 4.78 is 35.9. The zero-order chi connectivity index (χ0) is 11.5. The molecule has 0 aromatic heterocycles. The maximum atomic E-state index is 12.0. The smallest absolute Gasteiger partial charge is 0.330 e. The number of nitrogens with two attached hydrogens (primary N) is 1. The molecule has 1 aliphatic heterocycles. The average molecular weight is 224 g/mol. The van der Waals surface area contributed by atoms with E-state index in [9.17, 15) is 18.0 Å². The molecule has 0 radical (unpaired) electrons. The van der Waals surface area contributed by atoms with E-state index in [1.54, 1.807) is 0 Å². The first-order valence-electron chi connectivity index (χ1n) is 4.96. The fourth-order valence-electron chi connectivity index (χ4n) is 1.78. The summed E-state index contributed by atoms with van der Waals surface area (Å²) in [5.74, 6) is -1.44. The molecule has 0 spiro atoms. The van der Waals surface area contributed by atoms with Crippen molar-refractivity contribution in [2.24, 2.45) is 11.7 Å². The van der Waals surface area contributed by atoms with Crippen LogP contribution in [0.15, 0.2) is 0 Å². The minimum absolute atomic E-state index is 0.222. The largest absolute Gasteiger partial charge is 0.451 e. The molecule has 0 unspecified atom stereocenters. The molecule has 1 saturated heterocycles. The van der Waals surface area contributed by atoms with Crippen LogP contribution in [0.1, 0.15) is 12.8 Å². The Balaban J connectivity index is 2.41. The number of piperidine rings is 1. The van der Waals surface area contributed by atoms with Crippen LogP contribution in [0, 0.1) is 5.92 Å². The van der Waals surface area contributed by atoms with Crippen molar-refractivity contribution in [3.8, 4) is 0 Å². The Morgan fingerprint density at radius 2 is 2.13 bits per heavy atom. The Hall–Kier alpha value is -0.620. The molecule has 0 aromatic carbocycles. The number of carbonyl (C=O) groups excluding carboxylic acids is 1. The van der Waals surface area contributed by atoms with Gasteiger partial charge in [-0.1, -0.05) is 0 Å². The van der Waals surface area contributed by atoms with Gasteiger partial charge in [-0.25, -0.2) is 0 Å². The van der Waals surface area contributed by atoms with Gasteiger partial charge in [-0.05, 0) is 31.8 Å². The van der Waals surface area contributed by atoms with Gasteiger partial charge in [0.1, 0.15) is 0 Å². The lowest BCUT2D eigenvalue weighted by molar-refractivity contribution is -0.172. The molecule has 1 rings (SSSR count). The lowest BCUT2D eigenvalue weighted by Crippen LogP contribution is -2.44. The predicted molar refractivity (Wildman–Crippen MR) is 49.3 cm³/mol. The number of carbonyl (C=O) groups is 1. The van der Waals surface area contributed by atoms with Gasteiger partial charge in [-0.15, -0.1) is 0 Å². The zero-order valence-electron chi connectivity index (χ0n) is 8.39. The minimum atomic E-state index is -4.71. The fourth-order valence-corrected chi connectivity index (χ4v) is 1.78. The molecule has 0 bridgehead atoms. The van der Waals surface area contributed by atoms with Crippen LogP contribution in [-0.4, -0.2) is 43.0 Å². The molecule has 0 aliphatic carbocycles. The molecular formula is C9H15F3N2O. The monoisotopic (exact) mass is 224 g/mol. The maximum absolute atomic E-state index is 12.0. The van der Waals surface area contributed by atoms with Crippen LogP contribution in [-0.2, 0) is 4.79 Å². The summed E-state index contributed by atoms with van der Waals surface area (Å²) >= 11 is 0. The van der Waals surface area contributed by atoms with Gasteiger partial charge < -0.3 is 5.73 Å². The van der Waals surface area contributed by atoms with Gasteiger partial charge in [0.25, 0.3) is 0 Å². The Morgan fingerprint density at radius 3 is 2.67 bits per heavy atom. The molecule has 0 saturated carbocycles. The van der Waals surface area contributed by atoms with Gasteiger partial charge in [-0.3, -0.25) is 9.69 Å². The topological polar surface area (TPSA) is 46.3 Å². The molecule has 1 atom stereocenters. The molecule has 2 N–H and O–H groups in total. The number of alkyl halides is 3. The Labute approximate surface area is 86.4 Å². The van der Waals surface area contributed by atoms with Gasteiger partial charge in [0.05, 0.1) is 6.54 Å². The van der Waals surface area contributed by atoms with Crippen molar-refractivity contribution in [1.82, 2.24) is 4.90 Å². The first-order chi connectivity index (χ1) is 6.93. The third-order valence-corrected chi connectivity index (χ3v) is 2.62. The number of nitrogens with zero attached hydrogens (tertiary/aromatic N) is 1. The quantitative estimate of drug-likeness (QED) is 0.771. The molecule has 1 fully saturated rings. The van der Waals surface area contributed by atoms with E-state index < -0.39 is 18.5 Å². The summed E-state index contributed by atoms with van der Waals surface area (Å²) in [6.07, 6.45) is -2.96. The highest BCUT2D eigenvalue weighted by Gasteiger charge is 2.39. The highest BCUT2D eigenvalue weighted by atomic mass is 19.4. The third kappa shape index (κ3) is 3.79. The van der Waals surface area contributed by atoms with Gasteiger partial charge in [0.2, 0.25) is 5.78 Å². The van der Waals surface area contributed by atoms with E-state index in [1.165, 1.54) is 4.90 Å². The third-order valence-electron chi connectivity index (χ3n) is 2.62. The number of rotatable bonds is 3. The maximum Gasteiger partial charge on any atom is 0.451 e. The van der Waals surface area contributed by atoms with E-state index in [0.29, 0.717) is 19.6 Å². The second-order valence-electron chi connectivity index (χ2n) is 3.90. The van der Waals surface area contributed by atoms with Crippen molar-refractivity contribution >= 4 is 5.78 Å². The number of hydrogen-bond donors (Lipinski definition) is 1. The van der Waals surface area contributed by atoms with Gasteiger partial charge in [-0.2, -0.15) is 13.2 Å². The van der Waals surface area contributed by atoms with E-state index in [4.69, 9.17) is 5.73 Å². The minimum Gasteiger partial charge on any atom is -0.330 e. The lowest BCUT2D eigenvalue weighted by Gasteiger charge is -2.31. The molecular weight excluding hydrogens is 209 g/mol. The standard InChI is InChI=1S/C9H15F3N2O/c10-9(11,12)8(15)6-14-3-1-2-7(4-13)5-14/h7H,1-6,13H2/t7-/m1/s1. The summed E-state index contributed by atoms with van der Waals surface area (Å²) in [7, 11) is 0. The normalized spacial score (nSPS) is 24.1. The fraction of sp³-hybridized carbons (Fsp3) is 0.889. The highest BCUT2D eigenvalue weighted by Crippen LogP contribution is 2.19. The Morgan fingerprint density at radius 1 is 1.47 bits per heavy atom. The number of likely N-dealkylation sites (tertiary alicyclic amines) is 1. The van der Waals surface area contributed by atoms with Crippen molar-refractivity contribution < 1.29 is 18.0 Å². The van der Waals surface area contributed by atoms with Crippen molar-refractivity contribution in [3.05, 3.63) is 0 Å². The predicted octanol–water partition coefficient (Wildman–Crippen LogP) is 0.789. The molecule has 88 valence electrons. The Bertz CT molecular complexity index is 230. The summed E-state index contributed by atoms with van der Waals surface area (Å²) in [5, 5.41) is 0. The molecule has 1 aliphatic rings. The number of Topliss-reactive ketones (excluding diaryl/α,β-unsaturated/α-hetero) is 1. The first kappa shape index (κ1) is 12.4. The number of halogens is 3. The van der Waals surface area contributed by atoms with Crippen molar-refractivity contribution in [2.45, 2.75) is 19.0 Å². The van der Waals surface area contributed by atoms with Crippen molar-refractivity contribution in [2.75, 3.05) is 26.2 Å². The molecule has 0 aromatic rings. The number of hydrogen-bond acceptors (Lipinski definition) is 3. The second-order valence-corrected chi connectivity index (χ2v) is 3.90. The second kappa shape index (κ2) is 4.94. The summed E-state index contributed by atoms with van der Waals surface area (Å²) in [6.45, 7) is 0.993. The van der Waals surface area contributed by atoms with Gasteiger partial charge in [0.15, 0.2) is 0 Å². The van der Waals surface area contributed by atoms with Crippen LogP contribution in [0.25, 0.3) is 0 Å². The van der Waals surface area contributed by atoms with E-state index in [0.717, 1.165) is 12.8 Å². The molecule has 0 amide bonds. The SMILES string of the molecule is NC[C@H]1CCCN(CC(=O)C(F)(F)F)C1. The highest BCUT2D eigenvalue weighted by molar-refractivity contribution is 5.85. The van der Waals surface area contributed by atoms with E-state index in [1.807, 2.05) is 0 Å². The average Bonchev–Trinajstić information content (AvgIpc) is 2.16. The van der Waals surface area contributed by atoms with Crippen molar-refractivity contribution in [3.63, 3.8) is 0 Å². The van der Waals surface area contributed by atoms with E-state index in [-0.39, 0.29) is 5.92 Å². The Kier molecular flexibility index (Phi) is 4.10. The van der Waals surface area contributed by atoms with Crippen LogP contribution in [0.2, 0.25) is 0 Å². The summed E-state index contributed by atoms with van der Waals surface area (Å²) in [5.41, 5.74) is 5.45. The van der Waals surface area contributed by atoms with E-state index >= 15 is 0 Å². The summed E-state index contributed by atoms with van der Waals surface area (Å²) in [6, 6.07) is 0. The molecule has 1 heterocycles. The first-order valence-corrected chi connectivity index (χ1v) is 4.96. The number of ketones is 1. The zero-order valence-corrected chi connectivity index (χ0v) is 8.39. The summed E-state index contributed by atoms with van der Waals surface area (Å²) in [4.78, 5) is 12.3. The van der Waals surface area contributed by atoms with Crippen LogP contribution in [0.5, 0.6) is 0 Å². The van der Waals surface area contributed by atoms with E-state index in [2.05, 4.69) is 0 Å². The van der Waals surface area contributed by atoms with Crippen LogP contribution < -0.4 is 5.73 Å². The molecule has 3 nitrogen and oxygen atoms in total. The molecule has 6 heteroatoms. The van der Waals surface area contributed by atoms with Crippen molar-refractivity contribution in [1.29, 1.82) is 0 Å². The van der Waals surface area contributed by atoms with Gasteiger partial charge >= 0.3 is 6.18 Å². The van der Waals surface area contributed by atoms with Crippen LogP contribution >= 0.6 is 0 Å². The lowest BCUT2D eigenvalue weighted by atomic mass is 9.98.